The zero-order valence-corrected chi connectivity index (χ0v) is 13.2. The number of aliphatic hydroxyl groups is 1. The van der Waals surface area contributed by atoms with Gasteiger partial charge in [0.05, 0.1) is 19.3 Å². The monoisotopic (exact) mass is 329 g/mol. The Morgan fingerprint density at radius 2 is 2.21 bits per heavy atom. The van der Waals surface area contributed by atoms with E-state index in [1.165, 1.54) is 19.4 Å². The van der Waals surface area contributed by atoms with Gasteiger partial charge in [0.25, 0.3) is 11.5 Å². The predicted molar refractivity (Wildman–Crippen MR) is 86.8 cm³/mol. The number of hydrogen-bond donors (Lipinski definition) is 3. The molecule has 1 fully saturated rings. The van der Waals surface area contributed by atoms with Gasteiger partial charge in [-0.2, -0.15) is 0 Å². The van der Waals surface area contributed by atoms with Crippen LogP contribution in [-0.4, -0.2) is 34.2 Å². The molecule has 3 rings (SSSR count). The van der Waals surface area contributed by atoms with E-state index < -0.39 is 11.5 Å². The average Bonchev–Trinajstić information content (AvgIpc) is 2.57. The first-order valence-electron chi connectivity index (χ1n) is 7.75. The van der Waals surface area contributed by atoms with Crippen molar-refractivity contribution in [1.82, 2.24) is 15.3 Å². The molecule has 0 radical (unpaired) electrons. The minimum atomic E-state index is -0.445. The highest BCUT2D eigenvalue weighted by Crippen LogP contribution is 2.38. The van der Waals surface area contributed by atoms with Crippen molar-refractivity contribution < 1.29 is 14.6 Å². The van der Waals surface area contributed by atoms with Gasteiger partial charge in [-0.3, -0.25) is 9.59 Å². The second kappa shape index (κ2) is 6.84. The Kier molecular flexibility index (Phi) is 4.61. The van der Waals surface area contributed by atoms with Crippen LogP contribution in [0.3, 0.4) is 0 Å². The fraction of sp³-hybridized carbons (Fsp3) is 0.353. The van der Waals surface area contributed by atoms with Crippen LogP contribution in [0.4, 0.5) is 0 Å². The fourth-order valence-electron chi connectivity index (χ4n) is 2.89. The lowest BCUT2D eigenvalue weighted by atomic mass is 9.75. The number of ether oxygens (including phenoxy) is 1. The van der Waals surface area contributed by atoms with Gasteiger partial charge in [-0.1, -0.05) is 6.07 Å². The van der Waals surface area contributed by atoms with Crippen molar-refractivity contribution >= 4 is 5.91 Å². The fourth-order valence-corrected chi connectivity index (χ4v) is 2.89. The molecule has 7 nitrogen and oxygen atoms in total. The molecule has 126 valence electrons. The van der Waals surface area contributed by atoms with Gasteiger partial charge in [0, 0.05) is 18.5 Å². The molecular formula is C17H19N3O4. The molecule has 1 aliphatic rings. The van der Waals surface area contributed by atoms with Crippen LogP contribution >= 0.6 is 0 Å². The van der Waals surface area contributed by atoms with Gasteiger partial charge >= 0.3 is 0 Å². The largest absolute Gasteiger partial charge is 0.481 e. The van der Waals surface area contributed by atoms with Gasteiger partial charge in [-0.25, -0.2) is 4.98 Å². The molecule has 0 aliphatic heterocycles. The molecule has 0 spiro atoms. The van der Waals surface area contributed by atoms with Crippen molar-refractivity contribution in [2.75, 3.05) is 7.11 Å². The van der Waals surface area contributed by atoms with Gasteiger partial charge in [0.1, 0.15) is 5.56 Å². The number of H-pyrrole nitrogens is 1. The molecule has 3 N–H and O–H groups in total. The van der Waals surface area contributed by atoms with Gasteiger partial charge in [-0.05, 0) is 36.5 Å². The summed E-state index contributed by atoms with van der Waals surface area (Å²) in [6, 6.07) is 6.31. The number of aromatic amines is 1. The van der Waals surface area contributed by atoms with Crippen LogP contribution in [0.15, 0.2) is 41.5 Å². The van der Waals surface area contributed by atoms with Crippen LogP contribution in [0.2, 0.25) is 0 Å². The second-order valence-electron chi connectivity index (χ2n) is 5.88. The summed E-state index contributed by atoms with van der Waals surface area (Å²) in [6.45, 7) is 0. The normalized spacial score (nSPS) is 20.8. The van der Waals surface area contributed by atoms with Crippen LogP contribution < -0.4 is 15.6 Å². The molecular weight excluding hydrogens is 310 g/mol. The molecule has 2 aromatic rings. The number of pyridine rings is 2. The van der Waals surface area contributed by atoms with Crippen LogP contribution in [0.25, 0.3) is 0 Å². The molecule has 0 aromatic carbocycles. The Balaban J connectivity index is 1.83. The first-order chi connectivity index (χ1) is 11.6. The molecule has 1 saturated carbocycles. The number of nitrogens with zero attached hydrogens (tertiary/aromatic N) is 1. The van der Waals surface area contributed by atoms with Crippen LogP contribution in [0.5, 0.6) is 5.88 Å². The van der Waals surface area contributed by atoms with Crippen LogP contribution in [0.1, 0.15) is 34.8 Å². The van der Waals surface area contributed by atoms with Crippen LogP contribution in [0, 0.1) is 5.92 Å². The maximum Gasteiger partial charge on any atom is 0.260 e. The third kappa shape index (κ3) is 3.30. The smallest absolute Gasteiger partial charge is 0.260 e. The van der Waals surface area contributed by atoms with Gasteiger partial charge in [0.15, 0.2) is 0 Å². The Bertz CT molecular complexity index is 766. The van der Waals surface area contributed by atoms with E-state index in [2.05, 4.69) is 15.3 Å². The number of nitrogens with one attached hydrogen (secondary N) is 2. The van der Waals surface area contributed by atoms with Gasteiger partial charge in [0.2, 0.25) is 5.88 Å². The summed E-state index contributed by atoms with van der Waals surface area (Å²) in [6.07, 6.45) is 3.97. The molecule has 2 heterocycles. The summed E-state index contributed by atoms with van der Waals surface area (Å²) in [4.78, 5) is 30.9. The van der Waals surface area contributed by atoms with E-state index in [0.717, 1.165) is 5.56 Å². The van der Waals surface area contributed by atoms with Crippen molar-refractivity contribution in [2.45, 2.75) is 25.0 Å². The van der Waals surface area contributed by atoms with Gasteiger partial charge < -0.3 is 20.1 Å². The highest BCUT2D eigenvalue weighted by Gasteiger charge is 2.36. The number of aliphatic hydroxyl groups excluding tert-OH is 1. The zero-order chi connectivity index (χ0) is 17.1. The van der Waals surface area contributed by atoms with Crippen LogP contribution in [-0.2, 0) is 0 Å². The minimum absolute atomic E-state index is 0.0591. The van der Waals surface area contributed by atoms with Crippen molar-refractivity contribution in [2.24, 2.45) is 5.92 Å². The number of carbonyl (C=O) groups is 1. The average molecular weight is 329 g/mol. The maximum absolute atomic E-state index is 12.5. The highest BCUT2D eigenvalue weighted by molar-refractivity contribution is 5.94. The number of hydrogen-bond acceptors (Lipinski definition) is 5. The number of carbonyl (C=O) groups excluding carboxylic acids is 1. The standard InChI is InChI=1S/C17H19N3O4/c1-24-14-5-4-10(9-19-14)15(11-7-12(21)8-11)20-17(23)13-3-2-6-18-16(13)22/h2-6,9,11-12,15,21H,7-8H2,1H3,(H,18,22)(H,20,23)/t11?,12?,15-/m0/s1. The highest BCUT2D eigenvalue weighted by atomic mass is 16.5. The number of aromatic nitrogens is 2. The summed E-state index contributed by atoms with van der Waals surface area (Å²) in [7, 11) is 1.53. The minimum Gasteiger partial charge on any atom is -0.481 e. The lowest BCUT2D eigenvalue weighted by molar-refractivity contribution is 0.0234. The molecule has 0 saturated heterocycles. The first kappa shape index (κ1) is 16.2. The summed E-state index contributed by atoms with van der Waals surface area (Å²) in [5, 5.41) is 12.5. The first-order valence-corrected chi connectivity index (χ1v) is 7.75. The lowest BCUT2D eigenvalue weighted by Crippen LogP contribution is -2.42. The molecule has 1 atom stereocenters. The van der Waals surface area contributed by atoms with E-state index in [1.807, 2.05) is 6.07 Å². The lowest BCUT2D eigenvalue weighted by Gasteiger charge is -2.38. The van der Waals surface area contributed by atoms with Gasteiger partial charge in [-0.15, -0.1) is 0 Å². The second-order valence-corrected chi connectivity index (χ2v) is 5.88. The summed E-state index contributed by atoms with van der Waals surface area (Å²) in [5.41, 5.74) is 0.438. The van der Waals surface area contributed by atoms with E-state index in [1.54, 1.807) is 18.3 Å². The number of rotatable bonds is 5. The quantitative estimate of drug-likeness (QED) is 0.760. The van der Waals surface area contributed by atoms with E-state index in [4.69, 9.17) is 4.74 Å². The Labute approximate surface area is 138 Å². The predicted octanol–water partition coefficient (Wildman–Crippen LogP) is 1.02. The molecule has 24 heavy (non-hydrogen) atoms. The molecule has 1 aliphatic carbocycles. The number of methoxy groups -OCH3 is 1. The molecule has 2 aromatic heterocycles. The zero-order valence-electron chi connectivity index (χ0n) is 13.2. The SMILES string of the molecule is COc1ccc([C@H](NC(=O)c2ccc[nH]c2=O)C2CC(O)C2)cn1. The molecule has 0 bridgehead atoms. The van der Waals surface area contributed by atoms with E-state index in [-0.39, 0.29) is 23.6 Å². The number of amides is 1. The van der Waals surface area contributed by atoms with E-state index in [0.29, 0.717) is 18.7 Å². The maximum atomic E-state index is 12.5. The third-order valence-electron chi connectivity index (χ3n) is 4.30. The molecule has 1 amide bonds. The van der Waals surface area contributed by atoms with E-state index in [9.17, 15) is 14.7 Å². The van der Waals surface area contributed by atoms with E-state index >= 15 is 0 Å². The summed E-state index contributed by atoms with van der Waals surface area (Å²) in [5.74, 6) is 0.137. The Morgan fingerprint density at radius 3 is 2.79 bits per heavy atom. The summed E-state index contributed by atoms with van der Waals surface area (Å²) < 4.78 is 5.05. The summed E-state index contributed by atoms with van der Waals surface area (Å²) >= 11 is 0. The van der Waals surface area contributed by atoms with Crippen molar-refractivity contribution in [3.8, 4) is 5.88 Å². The molecule has 7 heteroatoms. The Morgan fingerprint density at radius 1 is 1.42 bits per heavy atom. The van der Waals surface area contributed by atoms with Crippen molar-refractivity contribution in [3.63, 3.8) is 0 Å². The van der Waals surface area contributed by atoms with Crippen molar-refractivity contribution in [1.29, 1.82) is 0 Å². The topological polar surface area (TPSA) is 104 Å². The van der Waals surface area contributed by atoms with Crippen molar-refractivity contribution in [3.05, 3.63) is 58.1 Å². The molecule has 0 unspecified atom stereocenters. The Hall–Kier alpha value is -2.67. The third-order valence-corrected chi connectivity index (χ3v) is 4.30.